The van der Waals surface area contributed by atoms with Crippen LogP contribution in [0.4, 0.5) is 22.0 Å². The highest BCUT2D eigenvalue weighted by Gasteiger charge is 2.42. The van der Waals surface area contributed by atoms with Gasteiger partial charge in [-0.3, -0.25) is 9.59 Å². The van der Waals surface area contributed by atoms with E-state index >= 15 is 0 Å². The first-order valence-electron chi connectivity index (χ1n) is 9.60. The second-order valence-electron chi connectivity index (χ2n) is 8.68. The molecule has 0 saturated heterocycles. The van der Waals surface area contributed by atoms with Crippen LogP contribution >= 0.6 is 31.9 Å². The molecule has 182 valence electrons. The zero-order valence-corrected chi connectivity index (χ0v) is 21.5. The summed E-state index contributed by atoms with van der Waals surface area (Å²) in [4.78, 5) is 21.7. The molecule has 0 bridgehead atoms. The van der Waals surface area contributed by atoms with Crippen molar-refractivity contribution < 1.29 is 36.6 Å². The molecule has 33 heavy (non-hydrogen) atoms. The third kappa shape index (κ3) is 8.81. The third-order valence-electron chi connectivity index (χ3n) is 4.83. The molecule has 0 fully saturated rings. The molecule has 0 unspecified atom stereocenters. The van der Waals surface area contributed by atoms with Crippen LogP contribution in [0.3, 0.4) is 0 Å². The predicted octanol–water partition coefficient (Wildman–Crippen LogP) is 7.73. The maximum absolute atomic E-state index is 12.9. The highest BCUT2D eigenvalue weighted by atomic mass is 79.9. The monoisotopic (exact) mass is 600 g/mol. The molecule has 0 amide bonds. The number of halogens is 7. The normalized spacial score (nSPS) is 12.1. The van der Waals surface area contributed by atoms with Crippen LogP contribution in [0.5, 0.6) is 0 Å². The molecule has 0 aliphatic rings. The van der Waals surface area contributed by atoms with E-state index in [-0.39, 0.29) is 12.2 Å². The second-order valence-corrected chi connectivity index (χ2v) is 10.4. The van der Waals surface area contributed by atoms with Crippen molar-refractivity contribution in [3.8, 4) is 0 Å². The van der Waals surface area contributed by atoms with Gasteiger partial charge in [0.1, 0.15) is 11.6 Å². The third-order valence-corrected chi connectivity index (χ3v) is 6.14. The van der Waals surface area contributed by atoms with Gasteiger partial charge in [-0.15, -0.1) is 0 Å². The summed E-state index contributed by atoms with van der Waals surface area (Å²) in [5, 5.41) is 8.77. The van der Waals surface area contributed by atoms with E-state index in [1.54, 1.807) is 6.07 Å². The number of Topliss-reactive ketones (excluding diaryl/α,β-unsaturated/α-hetero) is 1. The van der Waals surface area contributed by atoms with Crippen LogP contribution in [0.15, 0.2) is 45.3 Å². The fraction of sp³-hybridized carbons (Fsp3) is 0.391. The molecule has 2 aromatic rings. The minimum atomic E-state index is -4.84. The standard InChI is InChI=1S/C12H11BrF4O.C11H12BrFO2/c1-11(2,6-10(18)12(15,16)17)8-4-3-7(14)5-9(8)13;1-11(2,6-10(14)15)8-4-3-7(13)5-9(8)12/h3-5H,6H2,1-2H3;3-5H,6H2,1-2H3,(H,14,15). The lowest BCUT2D eigenvalue weighted by atomic mass is 9.80. The average molecular weight is 602 g/mol. The van der Waals surface area contributed by atoms with Gasteiger partial charge in [0.05, 0.1) is 6.42 Å². The van der Waals surface area contributed by atoms with Gasteiger partial charge in [0.25, 0.3) is 0 Å². The minimum Gasteiger partial charge on any atom is -0.481 e. The van der Waals surface area contributed by atoms with Crippen molar-refractivity contribution in [1.82, 2.24) is 0 Å². The molecule has 0 aliphatic heterocycles. The number of carbonyl (C=O) groups is 2. The molecule has 3 nitrogen and oxygen atoms in total. The number of hydrogen-bond donors (Lipinski definition) is 1. The van der Waals surface area contributed by atoms with E-state index in [0.717, 1.165) is 17.7 Å². The van der Waals surface area contributed by atoms with Crippen LogP contribution in [0.2, 0.25) is 0 Å². The van der Waals surface area contributed by atoms with Crippen molar-refractivity contribution in [2.75, 3.05) is 0 Å². The lowest BCUT2D eigenvalue weighted by molar-refractivity contribution is -0.172. The van der Waals surface area contributed by atoms with Crippen LogP contribution in [0.25, 0.3) is 0 Å². The Morgan fingerprint density at radius 3 is 1.45 bits per heavy atom. The predicted molar refractivity (Wildman–Crippen MR) is 122 cm³/mol. The molecule has 0 saturated carbocycles. The molecule has 2 rings (SSSR count). The maximum atomic E-state index is 12.9. The Balaban J connectivity index is 0.000000335. The molecule has 0 atom stereocenters. The Hall–Kier alpha value is -1.81. The average Bonchev–Trinajstić information content (AvgIpc) is 2.59. The zero-order valence-electron chi connectivity index (χ0n) is 18.3. The first-order chi connectivity index (χ1) is 14.9. The summed E-state index contributed by atoms with van der Waals surface area (Å²) >= 11 is 6.33. The van der Waals surface area contributed by atoms with Crippen LogP contribution in [0.1, 0.15) is 51.7 Å². The molecule has 0 aliphatic carbocycles. The Morgan fingerprint density at radius 1 is 0.788 bits per heavy atom. The summed E-state index contributed by atoms with van der Waals surface area (Å²) in [6.45, 7) is 6.65. The molecule has 0 radical (unpaired) electrons. The van der Waals surface area contributed by atoms with Gasteiger partial charge in [0.15, 0.2) is 0 Å². The van der Waals surface area contributed by atoms with E-state index in [1.807, 2.05) is 13.8 Å². The van der Waals surface area contributed by atoms with E-state index in [0.29, 0.717) is 14.5 Å². The summed E-state index contributed by atoms with van der Waals surface area (Å²) in [7, 11) is 0. The van der Waals surface area contributed by atoms with Crippen molar-refractivity contribution in [3.05, 3.63) is 68.1 Å². The molecule has 0 aromatic heterocycles. The first-order valence-corrected chi connectivity index (χ1v) is 11.2. The lowest BCUT2D eigenvalue weighted by Crippen LogP contribution is -2.31. The van der Waals surface area contributed by atoms with Crippen LogP contribution in [-0.2, 0) is 20.4 Å². The number of carbonyl (C=O) groups excluding carboxylic acids is 1. The Morgan fingerprint density at radius 2 is 1.15 bits per heavy atom. The Bertz CT molecular complexity index is 1020. The fourth-order valence-electron chi connectivity index (χ4n) is 3.15. The van der Waals surface area contributed by atoms with Crippen molar-refractivity contribution >= 4 is 43.6 Å². The van der Waals surface area contributed by atoms with E-state index < -0.39 is 41.0 Å². The van der Waals surface area contributed by atoms with Crippen molar-refractivity contribution in [2.24, 2.45) is 0 Å². The van der Waals surface area contributed by atoms with E-state index in [9.17, 15) is 31.5 Å². The van der Waals surface area contributed by atoms with E-state index in [1.165, 1.54) is 32.0 Å². The highest BCUT2D eigenvalue weighted by molar-refractivity contribution is 9.10. The number of rotatable bonds is 6. The molecule has 0 spiro atoms. The van der Waals surface area contributed by atoms with Gasteiger partial charge in [0.2, 0.25) is 5.78 Å². The summed E-state index contributed by atoms with van der Waals surface area (Å²) in [6.07, 6.45) is -5.51. The zero-order chi connectivity index (χ0) is 25.8. The second kappa shape index (κ2) is 11.1. The fourth-order valence-corrected chi connectivity index (χ4v) is 4.92. The molecule has 1 N–H and O–H groups in total. The lowest BCUT2D eigenvalue weighted by Gasteiger charge is -2.26. The highest BCUT2D eigenvalue weighted by Crippen LogP contribution is 2.36. The molecule has 2 aromatic carbocycles. The maximum Gasteiger partial charge on any atom is 0.450 e. The van der Waals surface area contributed by atoms with E-state index in [4.69, 9.17) is 5.11 Å². The molecule has 0 heterocycles. The smallest absolute Gasteiger partial charge is 0.450 e. The minimum absolute atomic E-state index is 0.0111. The van der Waals surface area contributed by atoms with Crippen LogP contribution in [0, 0.1) is 11.6 Å². The van der Waals surface area contributed by atoms with Gasteiger partial charge in [-0.1, -0.05) is 71.7 Å². The Kier molecular flexibility index (Phi) is 9.81. The van der Waals surface area contributed by atoms with Gasteiger partial charge in [-0.2, -0.15) is 13.2 Å². The van der Waals surface area contributed by atoms with Crippen LogP contribution < -0.4 is 0 Å². The van der Waals surface area contributed by atoms with Gasteiger partial charge in [0, 0.05) is 20.8 Å². The first kappa shape index (κ1) is 29.2. The molecular formula is C23H23Br2F5O3. The Labute approximate surface area is 205 Å². The molecule has 10 heteroatoms. The number of hydrogen-bond acceptors (Lipinski definition) is 2. The van der Waals surface area contributed by atoms with E-state index in [2.05, 4.69) is 31.9 Å². The summed E-state index contributed by atoms with van der Waals surface area (Å²) < 4.78 is 63.4. The van der Waals surface area contributed by atoms with Crippen molar-refractivity contribution in [3.63, 3.8) is 0 Å². The number of carboxylic acids is 1. The number of aliphatic carboxylic acids is 1. The summed E-state index contributed by atoms with van der Waals surface area (Å²) in [5.74, 6) is -3.49. The number of benzene rings is 2. The van der Waals surface area contributed by atoms with Gasteiger partial charge < -0.3 is 5.11 Å². The number of ketones is 1. The SMILES string of the molecule is CC(C)(CC(=O)C(F)(F)F)c1ccc(F)cc1Br.CC(C)(CC(=O)O)c1ccc(F)cc1Br. The summed E-state index contributed by atoms with van der Waals surface area (Å²) in [6, 6.07) is 7.99. The topological polar surface area (TPSA) is 54.4 Å². The van der Waals surface area contributed by atoms with Gasteiger partial charge in [-0.25, -0.2) is 8.78 Å². The van der Waals surface area contributed by atoms with Gasteiger partial charge in [-0.05, 0) is 40.8 Å². The van der Waals surface area contributed by atoms with Gasteiger partial charge >= 0.3 is 12.1 Å². The van der Waals surface area contributed by atoms with Crippen molar-refractivity contribution in [1.29, 1.82) is 0 Å². The number of carboxylic acid groups (broad SMARTS) is 1. The van der Waals surface area contributed by atoms with Crippen LogP contribution in [-0.4, -0.2) is 23.0 Å². The largest absolute Gasteiger partial charge is 0.481 e. The molecular weight excluding hydrogens is 579 g/mol. The van der Waals surface area contributed by atoms with Crippen molar-refractivity contribution in [2.45, 2.75) is 57.5 Å². The quantitative estimate of drug-likeness (QED) is 0.345. The number of alkyl halides is 3. The summed E-state index contributed by atoms with van der Waals surface area (Å²) in [5.41, 5.74) is -0.287.